The molecule has 1 aromatic rings. The Labute approximate surface area is 83.8 Å². The van der Waals surface area contributed by atoms with Gasteiger partial charge in [-0.3, -0.25) is 4.79 Å². The van der Waals surface area contributed by atoms with E-state index in [4.69, 9.17) is 17.3 Å². The van der Waals surface area contributed by atoms with Crippen molar-refractivity contribution in [1.82, 2.24) is 0 Å². The van der Waals surface area contributed by atoms with E-state index in [1.807, 2.05) is 0 Å². The molecule has 2 nitrogen and oxygen atoms in total. The number of rotatable bonds is 2. The van der Waals surface area contributed by atoms with Crippen LogP contribution >= 0.6 is 27.5 Å². The Morgan fingerprint density at radius 2 is 2.25 bits per heavy atom. The van der Waals surface area contributed by atoms with Crippen LogP contribution in [0.1, 0.15) is 10.4 Å². The van der Waals surface area contributed by atoms with Crippen LogP contribution in [0.2, 0.25) is 5.02 Å². The first-order chi connectivity index (χ1) is 5.65. The van der Waals surface area contributed by atoms with Gasteiger partial charge in [-0.25, -0.2) is 0 Å². The maximum absolute atomic E-state index is 11.1. The molecule has 0 aromatic heterocycles. The Hall–Kier alpha value is -0.380. The summed E-state index contributed by atoms with van der Waals surface area (Å²) in [6, 6.07) is 4.99. The monoisotopic (exact) mass is 247 g/mol. The van der Waals surface area contributed by atoms with Crippen LogP contribution in [0.4, 0.5) is 0 Å². The van der Waals surface area contributed by atoms with Crippen LogP contribution in [-0.2, 0) is 0 Å². The topological polar surface area (TPSA) is 43.1 Å². The summed E-state index contributed by atoms with van der Waals surface area (Å²) in [6.45, 7) is 0.0141. The van der Waals surface area contributed by atoms with Crippen molar-refractivity contribution in [1.29, 1.82) is 0 Å². The van der Waals surface area contributed by atoms with Gasteiger partial charge in [0.25, 0.3) is 0 Å². The van der Waals surface area contributed by atoms with E-state index in [0.717, 1.165) is 0 Å². The molecule has 4 heteroatoms. The smallest absolute Gasteiger partial charge is 0.177 e. The Kier molecular flexibility index (Phi) is 3.26. The summed E-state index contributed by atoms with van der Waals surface area (Å²) in [7, 11) is 0. The van der Waals surface area contributed by atoms with Crippen LogP contribution in [0.15, 0.2) is 22.7 Å². The molecule has 0 heterocycles. The standard InChI is InChI=1S/C8H7BrClNO/c9-7-3-5(10)1-2-6(7)8(12)4-11/h1-3H,4,11H2. The lowest BCUT2D eigenvalue weighted by Crippen LogP contribution is -2.13. The minimum atomic E-state index is -0.0986. The van der Waals surface area contributed by atoms with Gasteiger partial charge < -0.3 is 5.73 Å². The highest BCUT2D eigenvalue weighted by Crippen LogP contribution is 2.21. The highest BCUT2D eigenvalue weighted by atomic mass is 79.9. The van der Waals surface area contributed by atoms with Gasteiger partial charge in [0.05, 0.1) is 6.54 Å². The van der Waals surface area contributed by atoms with Crippen LogP contribution in [0, 0.1) is 0 Å². The van der Waals surface area contributed by atoms with E-state index in [2.05, 4.69) is 15.9 Å². The van der Waals surface area contributed by atoms with Gasteiger partial charge >= 0.3 is 0 Å². The number of benzene rings is 1. The van der Waals surface area contributed by atoms with Gasteiger partial charge in [0, 0.05) is 15.1 Å². The molecule has 1 aromatic carbocycles. The summed E-state index contributed by atoms with van der Waals surface area (Å²) in [6.07, 6.45) is 0. The maximum atomic E-state index is 11.1. The van der Waals surface area contributed by atoms with E-state index >= 15 is 0 Å². The van der Waals surface area contributed by atoms with Gasteiger partial charge in [-0.1, -0.05) is 11.6 Å². The second-order valence-corrected chi connectivity index (χ2v) is 3.54. The fourth-order valence-electron chi connectivity index (χ4n) is 0.826. The van der Waals surface area contributed by atoms with Crippen LogP contribution in [-0.4, -0.2) is 12.3 Å². The third kappa shape index (κ3) is 2.06. The summed E-state index contributed by atoms with van der Waals surface area (Å²) >= 11 is 8.92. The molecule has 0 aliphatic carbocycles. The van der Waals surface area contributed by atoms with Gasteiger partial charge in [-0.05, 0) is 34.1 Å². The number of ketones is 1. The SMILES string of the molecule is NCC(=O)c1ccc(Cl)cc1Br. The van der Waals surface area contributed by atoms with Crippen molar-refractivity contribution in [3.05, 3.63) is 33.3 Å². The molecule has 0 aliphatic rings. The molecule has 2 N–H and O–H groups in total. The van der Waals surface area contributed by atoms with Crippen molar-refractivity contribution in [3.63, 3.8) is 0 Å². The van der Waals surface area contributed by atoms with Crippen molar-refractivity contribution in [2.45, 2.75) is 0 Å². The molecular weight excluding hydrogens is 241 g/mol. The number of nitrogens with two attached hydrogens (primary N) is 1. The summed E-state index contributed by atoms with van der Waals surface area (Å²) in [5.41, 5.74) is 5.78. The second-order valence-electron chi connectivity index (χ2n) is 2.25. The summed E-state index contributed by atoms with van der Waals surface area (Å²) in [5, 5.41) is 0.593. The average Bonchev–Trinajstić information content (AvgIpc) is 2.03. The first kappa shape index (κ1) is 9.71. The molecule has 0 amide bonds. The molecule has 1 rings (SSSR count). The van der Waals surface area contributed by atoms with E-state index < -0.39 is 0 Å². The zero-order chi connectivity index (χ0) is 9.14. The van der Waals surface area contributed by atoms with Gasteiger partial charge in [0.1, 0.15) is 0 Å². The molecule has 0 radical (unpaired) electrons. The first-order valence-corrected chi connectivity index (χ1v) is 4.50. The lowest BCUT2D eigenvalue weighted by Gasteiger charge is -2.00. The lowest BCUT2D eigenvalue weighted by atomic mass is 10.1. The summed E-state index contributed by atoms with van der Waals surface area (Å²) in [5.74, 6) is -0.0986. The lowest BCUT2D eigenvalue weighted by molar-refractivity contribution is 0.100. The summed E-state index contributed by atoms with van der Waals surface area (Å²) in [4.78, 5) is 11.1. The highest BCUT2D eigenvalue weighted by molar-refractivity contribution is 9.10. The van der Waals surface area contributed by atoms with Crippen molar-refractivity contribution in [2.24, 2.45) is 5.73 Å². The summed E-state index contributed by atoms with van der Waals surface area (Å²) < 4.78 is 0.686. The zero-order valence-corrected chi connectivity index (χ0v) is 8.52. The fraction of sp³-hybridized carbons (Fsp3) is 0.125. The van der Waals surface area contributed by atoms with Crippen molar-refractivity contribution < 1.29 is 4.79 Å². The Balaban J connectivity index is 3.09. The van der Waals surface area contributed by atoms with Crippen molar-refractivity contribution in [3.8, 4) is 0 Å². The van der Waals surface area contributed by atoms with Crippen LogP contribution in [0.25, 0.3) is 0 Å². The van der Waals surface area contributed by atoms with Crippen LogP contribution < -0.4 is 5.73 Å². The number of hydrogen-bond acceptors (Lipinski definition) is 2. The Bertz CT molecular complexity index is 314. The van der Waals surface area contributed by atoms with Crippen LogP contribution in [0.5, 0.6) is 0 Å². The minimum Gasteiger partial charge on any atom is -0.324 e. The average molecular weight is 249 g/mol. The molecule has 0 aliphatic heterocycles. The van der Waals surface area contributed by atoms with E-state index in [1.54, 1.807) is 18.2 Å². The van der Waals surface area contributed by atoms with E-state index in [0.29, 0.717) is 15.1 Å². The second kappa shape index (κ2) is 4.03. The first-order valence-electron chi connectivity index (χ1n) is 3.33. The maximum Gasteiger partial charge on any atom is 0.177 e. The van der Waals surface area contributed by atoms with E-state index in [9.17, 15) is 4.79 Å². The minimum absolute atomic E-state index is 0.0141. The van der Waals surface area contributed by atoms with Gasteiger partial charge in [0.2, 0.25) is 0 Å². The third-order valence-corrected chi connectivity index (χ3v) is 2.31. The highest BCUT2D eigenvalue weighted by Gasteiger charge is 2.07. The predicted molar refractivity (Wildman–Crippen MR) is 52.5 cm³/mol. The number of hydrogen-bond donors (Lipinski definition) is 1. The normalized spacial score (nSPS) is 9.92. The molecule has 0 saturated heterocycles. The molecule has 0 saturated carbocycles. The zero-order valence-electron chi connectivity index (χ0n) is 6.18. The van der Waals surface area contributed by atoms with Gasteiger partial charge in [-0.15, -0.1) is 0 Å². The molecule has 0 atom stereocenters. The van der Waals surface area contributed by atoms with E-state index in [1.165, 1.54) is 0 Å². The molecule has 0 bridgehead atoms. The molecular formula is C8H7BrClNO. The molecule has 0 spiro atoms. The molecule has 64 valence electrons. The van der Waals surface area contributed by atoms with Gasteiger partial charge in [-0.2, -0.15) is 0 Å². The Morgan fingerprint density at radius 3 is 2.75 bits per heavy atom. The number of Topliss-reactive ketones (excluding diaryl/α,β-unsaturated/α-hetero) is 1. The number of carbonyl (C=O) groups excluding carboxylic acids is 1. The number of halogens is 2. The van der Waals surface area contributed by atoms with Gasteiger partial charge in [0.15, 0.2) is 5.78 Å². The van der Waals surface area contributed by atoms with Crippen LogP contribution in [0.3, 0.4) is 0 Å². The Morgan fingerprint density at radius 1 is 1.58 bits per heavy atom. The van der Waals surface area contributed by atoms with Crippen molar-refractivity contribution in [2.75, 3.05) is 6.54 Å². The molecule has 0 fully saturated rings. The molecule has 0 unspecified atom stereocenters. The fourth-order valence-corrected chi connectivity index (χ4v) is 1.73. The quantitative estimate of drug-likeness (QED) is 0.816. The van der Waals surface area contributed by atoms with Crippen molar-refractivity contribution >= 4 is 33.3 Å². The molecule has 12 heavy (non-hydrogen) atoms. The largest absolute Gasteiger partial charge is 0.324 e. The number of carbonyl (C=O) groups is 1. The van der Waals surface area contributed by atoms with E-state index in [-0.39, 0.29) is 12.3 Å². The third-order valence-electron chi connectivity index (χ3n) is 1.42. The predicted octanol–water partition coefficient (Wildman–Crippen LogP) is 2.24.